The third-order valence-corrected chi connectivity index (χ3v) is 6.04. The number of methoxy groups -OCH3 is 1. The molecular weight excluding hydrogens is 390 g/mol. The lowest BCUT2D eigenvalue weighted by molar-refractivity contribution is 0.171. The molecule has 3 rings (SSSR count). The quantitative estimate of drug-likeness (QED) is 0.706. The van der Waals surface area contributed by atoms with Crippen LogP contribution >= 0.6 is 23.8 Å². The van der Waals surface area contributed by atoms with E-state index in [2.05, 4.69) is 40.4 Å². The van der Waals surface area contributed by atoms with Gasteiger partial charge in [-0.05, 0) is 74.5 Å². The van der Waals surface area contributed by atoms with E-state index in [1.165, 1.54) is 5.56 Å². The molecule has 0 unspecified atom stereocenters. The van der Waals surface area contributed by atoms with Crippen LogP contribution in [0.3, 0.4) is 0 Å². The van der Waals surface area contributed by atoms with Crippen LogP contribution in [0.15, 0.2) is 48.5 Å². The molecule has 150 valence electrons. The third kappa shape index (κ3) is 5.60. The van der Waals surface area contributed by atoms with Crippen molar-refractivity contribution < 1.29 is 4.74 Å². The zero-order chi connectivity index (χ0) is 19.9. The minimum atomic E-state index is 0.420. The first-order chi connectivity index (χ1) is 13.6. The summed E-state index contributed by atoms with van der Waals surface area (Å²) in [7, 11) is 3.85. The number of benzene rings is 2. The van der Waals surface area contributed by atoms with Crippen molar-refractivity contribution >= 4 is 28.9 Å². The summed E-state index contributed by atoms with van der Waals surface area (Å²) in [5, 5.41) is 5.02. The molecule has 0 spiro atoms. The van der Waals surface area contributed by atoms with Crippen LogP contribution in [-0.4, -0.2) is 48.2 Å². The van der Waals surface area contributed by atoms with E-state index >= 15 is 0 Å². The van der Waals surface area contributed by atoms with E-state index in [1.54, 1.807) is 7.11 Å². The summed E-state index contributed by atoms with van der Waals surface area (Å²) in [6.07, 6.45) is 2.20. The Bertz CT molecular complexity index is 776. The molecular formula is C22H28ClN3OS. The molecule has 1 N–H and O–H groups in total. The molecule has 4 nitrogen and oxygen atoms in total. The summed E-state index contributed by atoms with van der Waals surface area (Å²) in [5.41, 5.74) is 2.28. The average Bonchev–Trinajstić information content (AvgIpc) is 2.72. The summed E-state index contributed by atoms with van der Waals surface area (Å²) in [6, 6.07) is 16.5. The minimum absolute atomic E-state index is 0.420. The Morgan fingerprint density at radius 1 is 1.18 bits per heavy atom. The summed E-state index contributed by atoms with van der Waals surface area (Å²) < 4.78 is 5.23. The molecule has 2 aromatic carbocycles. The fourth-order valence-corrected chi connectivity index (χ4v) is 3.99. The van der Waals surface area contributed by atoms with Gasteiger partial charge in [0.15, 0.2) is 5.11 Å². The van der Waals surface area contributed by atoms with E-state index in [4.69, 9.17) is 28.6 Å². The van der Waals surface area contributed by atoms with Crippen molar-refractivity contribution in [2.75, 3.05) is 27.2 Å². The smallest absolute Gasteiger partial charge is 0.169 e. The van der Waals surface area contributed by atoms with Crippen molar-refractivity contribution in [2.45, 2.75) is 32.0 Å². The number of nitrogens with zero attached hydrogens (tertiary/aromatic N) is 2. The number of ether oxygens (including phenoxy) is 1. The maximum atomic E-state index is 6.43. The van der Waals surface area contributed by atoms with E-state index in [1.807, 2.05) is 30.3 Å². The molecule has 28 heavy (non-hydrogen) atoms. The van der Waals surface area contributed by atoms with E-state index in [9.17, 15) is 0 Å². The van der Waals surface area contributed by atoms with Crippen LogP contribution in [0.5, 0.6) is 5.75 Å². The largest absolute Gasteiger partial charge is 0.497 e. The molecule has 0 amide bonds. The van der Waals surface area contributed by atoms with Crippen LogP contribution in [0, 0.1) is 0 Å². The fourth-order valence-electron chi connectivity index (χ4n) is 3.51. The molecule has 0 aromatic heterocycles. The number of thiocarbonyl (C=S) groups is 1. The number of rotatable bonds is 6. The summed E-state index contributed by atoms with van der Waals surface area (Å²) in [5.74, 6) is 0.859. The second-order valence-corrected chi connectivity index (χ2v) is 8.05. The molecule has 0 aliphatic carbocycles. The van der Waals surface area contributed by atoms with Crippen molar-refractivity contribution in [1.82, 2.24) is 15.1 Å². The lowest BCUT2D eigenvalue weighted by Gasteiger charge is -2.39. The van der Waals surface area contributed by atoms with E-state index in [0.717, 1.165) is 53.9 Å². The maximum Gasteiger partial charge on any atom is 0.169 e. The molecule has 0 bridgehead atoms. The first kappa shape index (κ1) is 20.9. The number of halogens is 1. The van der Waals surface area contributed by atoms with Gasteiger partial charge in [0.2, 0.25) is 0 Å². The van der Waals surface area contributed by atoms with Crippen molar-refractivity contribution in [3.63, 3.8) is 0 Å². The van der Waals surface area contributed by atoms with Gasteiger partial charge in [0.25, 0.3) is 0 Å². The highest BCUT2D eigenvalue weighted by Crippen LogP contribution is 2.23. The summed E-state index contributed by atoms with van der Waals surface area (Å²) in [4.78, 5) is 4.69. The number of likely N-dealkylation sites (tertiary alicyclic amines) is 1. The van der Waals surface area contributed by atoms with Gasteiger partial charge in [-0.25, -0.2) is 0 Å². The van der Waals surface area contributed by atoms with Crippen LogP contribution in [0.1, 0.15) is 24.0 Å². The Balaban J connectivity index is 1.69. The third-order valence-electron chi connectivity index (χ3n) is 5.29. The Kier molecular flexibility index (Phi) is 7.54. The Morgan fingerprint density at radius 3 is 2.50 bits per heavy atom. The normalized spacial score (nSPS) is 15.2. The van der Waals surface area contributed by atoms with Gasteiger partial charge in [-0.1, -0.05) is 41.9 Å². The molecule has 1 saturated heterocycles. The summed E-state index contributed by atoms with van der Waals surface area (Å²) in [6.45, 7) is 3.59. The first-order valence-corrected chi connectivity index (χ1v) is 10.4. The molecule has 0 radical (unpaired) electrons. The zero-order valence-electron chi connectivity index (χ0n) is 16.5. The van der Waals surface area contributed by atoms with E-state index < -0.39 is 0 Å². The molecule has 0 atom stereocenters. The summed E-state index contributed by atoms with van der Waals surface area (Å²) >= 11 is 12.2. The average molecular weight is 418 g/mol. The zero-order valence-corrected chi connectivity index (χ0v) is 18.1. The van der Waals surface area contributed by atoms with Crippen molar-refractivity contribution in [1.29, 1.82) is 0 Å². The Labute approximate surface area is 178 Å². The lowest BCUT2D eigenvalue weighted by Crippen LogP contribution is -2.49. The Hall–Kier alpha value is -1.82. The van der Waals surface area contributed by atoms with Crippen molar-refractivity contribution in [3.8, 4) is 5.75 Å². The standard InChI is InChI=1S/C22H28ClN3OS/c1-25-13-11-19(12-14-25)26(16-18-5-3-4-6-21(18)23)22(28)24-15-17-7-9-20(27-2)10-8-17/h3-10,19H,11-16H2,1-2H3,(H,24,28). The molecule has 1 aliphatic heterocycles. The number of hydrogen-bond donors (Lipinski definition) is 1. The first-order valence-electron chi connectivity index (χ1n) is 9.66. The second-order valence-electron chi connectivity index (χ2n) is 7.26. The van der Waals surface area contributed by atoms with Gasteiger partial charge in [-0.15, -0.1) is 0 Å². The van der Waals surface area contributed by atoms with Crippen molar-refractivity contribution in [3.05, 3.63) is 64.7 Å². The maximum absolute atomic E-state index is 6.43. The number of nitrogens with one attached hydrogen (secondary N) is 1. The van der Waals surface area contributed by atoms with Crippen molar-refractivity contribution in [2.24, 2.45) is 0 Å². The highest BCUT2D eigenvalue weighted by molar-refractivity contribution is 7.80. The monoisotopic (exact) mass is 417 g/mol. The lowest BCUT2D eigenvalue weighted by atomic mass is 10.0. The van der Waals surface area contributed by atoms with Gasteiger partial charge in [-0.2, -0.15) is 0 Å². The molecule has 1 aliphatic rings. The molecule has 0 saturated carbocycles. The van der Waals surface area contributed by atoms with E-state index in [-0.39, 0.29) is 0 Å². The van der Waals surface area contributed by atoms with Crippen LogP contribution in [0.25, 0.3) is 0 Å². The Morgan fingerprint density at radius 2 is 1.86 bits per heavy atom. The van der Waals surface area contributed by atoms with Crippen LogP contribution < -0.4 is 10.1 Å². The topological polar surface area (TPSA) is 27.7 Å². The van der Waals surface area contributed by atoms with Gasteiger partial charge in [0.05, 0.1) is 7.11 Å². The van der Waals surface area contributed by atoms with Gasteiger partial charge in [0.1, 0.15) is 5.75 Å². The van der Waals surface area contributed by atoms with Crippen LogP contribution in [0.2, 0.25) is 5.02 Å². The molecule has 6 heteroatoms. The van der Waals surface area contributed by atoms with Crippen LogP contribution in [-0.2, 0) is 13.1 Å². The van der Waals surface area contributed by atoms with Gasteiger partial charge in [-0.3, -0.25) is 0 Å². The van der Waals surface area contributed by atoms with Gasteiger partial charge in [0, 0.05) is 24.2 Å². The minimum Gasteiger partial charge on any atom is -0.497 e. The molecule has 2 aromatic rings. The van der Waals surface area contributed by atoms with Gasteiger partial charge < -0.3 is 19.9 Å². The highest BCUT2D eigenvalue weighted by Gasteiger charge is 2.25. The molecule has 1 heterocycles. The second kappa shape index (κ2) is 10.1. The molecule has 1 fully saturated rings. The predicted octanol–water partition coefficient (Wildman–Crippen LogP) is 4.32. The van der Waals surface area contributed by atoms with Crippen LogP contribution in [0.4, 0.5) is 0 Å². The fraction of sp³-hybridized carbons (Fsp3) is 0.409. The SMILES string of the molecule is COc1ccc(CNC(=S)N(Cc2ccccc2Cl)C2CCN(C)CC2)cc1. The highest BCUT2D eigenvalue weighted by atomic mass is 35.5. The van der Waals surface area contributed by atoms with Gasteiger partial charge >= 0.3 is 0 Å². The predicted molar refractivity (Wildman–Crippen MR) is 120 cm³/mol. The number of hydrogen-bond acceptors (Lipinski definition) is 3. The van der Waals surface area contributed by atoms with E-state index in [0.29, 0.717) is 12.6 Å². The number of piperidine rings is 1.